The Balaban J connectivity index is 2.13. The monoisotopic (exact) mass is 219 g/mol. The van der Waals surface area contributed by atoms with Crippen LogP contribution in [0.4, 0.5) is 0 Å². The molecule has 1 aliphatic heterocycles. The lowest BCUT2D eigenvalue weighted by Gasteiger charge is -2.30. The number of ether oxygens (including phenoxy) is 1. The molecule has 1 aromatic rings. The molecule has 1 aliphatic rings. The molecule has 0 fully saturated rings. The summed E-state index contributed by atoms with van der Waals surface area (Å²) in [6.45, 7) is 7.58. The first-order valence-electron chi connectivity index (χ1n) is 6.16. The van der Waals surface area contributed by atoms with E-state index in [4.69, 9.17) is 4.74 Å². The molecular weight excluding hydrogens is 198 g/mol. The summed E-state index contributed by atoms with van der Waals surface area (Å²) in [5, 5.41) is 3.69. The van der Waals surface area contributed by atoms with Gasteiger partial charge in [0, 0.05) is 24.1 Å². The summed E-state index contributed by atoms with van der Waals surface area (Å²) in [5.74, 6) is 1.71. The molecule has 0 radical (unpaired) electrons. The highest BCUT2D eigenvalue weighted by Crippen LogP contribution is 2.32. The maximum atomic E-state index is 5.66. The fourth-order valence-corrected chi connectivity index (χ4v) is 2.02. The van der Waals surface area contributed by atoms with Crippen LogP contribution >= 0.6 is 0 Å². The number of para-hydroxylation sites is 1. The second kappa shape index (κ2) is 4.88. The largest absolute Gasteiger partial charge is 0.493 e. The molecule has 0 amide bonds. The number of fused-ring (bicyclic) bond motifs is 1. The minimum absolute atomic E-state index is 0.447. The van der Waals surface area contributed by atoms with Crippen LogP contribution in [0.3, 0.4) is 0 Å². The number of rotatable bonds is 3. The predicted molar refractivity (Wildman–Crippen MR) is 66.7 cm³/mol. The van der Waals surface area contributed by atoms with Crippen molar-refractivity contribution in [3.8, 4) is 5.75 Å². The Morgan fingerprint density at radius 3 is 2.75 bits per heavy atom. The van der Waals surface area contributed by atoms with Crippen molar-refractivity contribution in [1.82, 2.24) is 5.32 Å². The molecule has 16 heavy (non-hydrogen) atoms. The van der Waals surface area contributed by atoms with Crippen LogP contribution in [0, 0.1) is 5.92 Å². The lowest BCUT2D eigenvalue weighted by molar-refractivity contribution is 0.237. The van der Waals surface area contributed by atoms with Crippen LogP contribution in [-0.2, 0) is 0 Å². The lowest BCUT2D eigenvalue weighted by atomic mass is 9.97. The summed E-state index contributed by atoms with van der Waals surface area (Å²) in [6, 6.07) is 9.33. The summed E-state index contributed by atoms with van der Waals surface area (Å²) >= 11 is 0. The Hall–Kier alpha value is -1.02. The van der Waals surface area contributed by atoms with E-state index in [1.807, 2.05) is 6.07 Å². The Morgan fingerprint density at radius 2 is 2.00 bits per heavy atom. The molecule has 2 nitrogen and oxygen atoms in total. The zero-order chi connectivity index (χ0) is 11.5. The van der Waals surface area contributed by atoms with Gasteiger partial charge in [-0.2, -0.15) is 0 Å². The molecule has 2 rings (SSSR count). The molecule has 88 valence electrons. The molecule has 0 aliphatic carbocycles. The zero-order valence-corrected chi connectivity index (χ0v) is 10.4. The fourth-order valence-electron chi connectivity index (χ4n) is 2.02. The molecule has 2 heteroatoms. The SMILES string of the molecule is CC(C)[C@@H](C)N[C@H]1CCOc2ccccc21. The third-order valence-corrected chi connectivity index (χ3v) is 3.42. The maximum absolute atomic E-state index is 5.66. The molecule has 0 unspecified atom stereocenters. The van der Waals surface area contributed by atoms with Crippen molar-refractivity contribution in [3.63, 3.8) is 0 Å². The number of nitrogens with one attached hydrogen (secondary N) is 1. The van der Waals surface area contributed by atoms with Crippen LogP contribution < -0.4 is 10.1 Å². The first-order valence-corrected chi connectivity index (χ1v) is 6.16. The van der Waals surface area contributed by atoms with E-state index < -0.39 is 0 Å². The average molecular weight is 219 g/mol. The number of hydrogen-bond acceptors (Lipinski definition) is 2. The van der Waals surface area contributed by atoms with Gasteiger partial charge in [-0.1, -0.05) is 32.0 Å². The summed E-state index contributed by atoms with van der Waals surface area (Å²) in [5.41, 5.74) is 1.31. The van der Waals surface area contributed by atoms with E-state index in [0.29, 0.717) is 18.0 Å². The number of hydrogen-bond donors (Lipinski definition) is 1. The van der Waals surface area contributed by atoms with Crippen LogP contribution in [0.25, 0.3) is 0 Å². The normalized spacial score (nSPS) is 21.4. The summed E-state index contributed by atoms with van der Waals surface area (Å²) in [6.07, 6.45) is 1.06. The zero-order valence-electron chi connectivity index (χ0n) is 10.4. The molecule has 0 saturated heterocycles. The molecular formula is C14H21NO. The van der Waals surface area contributed by atoms with Crippen molar-refractivity contribution in [2.75, 3.05) is 6.61 Å². The van der Waals surface area contributed by atoms with Crippen LogP contribution in [0.2, 0.25) is 0 Å². The van der Waals surface area contributed by atoms with Crippen LogP contribution in [0.15, 0.2) is 24.3 Å². The predicted octanol–water partition coefficient (Wildman–Crippen LogP) is 3.14. The second-order valence-electron chi connectivity index (χ2n) is 4.93. The molecule has 1 N–H and O–H groups in total. The molecule has 2 atom stereocenters. The number of benzene rings is 1. The first-order chi connectivity index (χ1) is 7.68. The highest BCUT2D eigenvalue weighted by Gasteiger charge is 2.22. The van der Waals surface area contributed by atoms with Gasteiger partial charge in [-0.3, -0.25) is 0 Å². The van der Waals surface area contributed by atoms with Crippen LogP contribution in [0.1, 0.15) is 38.8 Å². The van der Waals surface area contributed by atoms with Gasteiger partial charge in [0.1, 0.15) is 5.75 Å². The van der Waals surface area contributed by atoms with Gasteiger partial charge < -0.3 is 10.1 Å². The fraction of sp³-hybridized carbons (Fsp3) is 0.571. The minimum Gasteiger partial charge on any atom is -0.493 e. The molecule has 0 saturated carbocycles. The van der Waals surface area contributed by atoms with E-state index in [1.54, 1.807) is 0 Å². The molecule has 0 spiro atoms. The Morgan fingerprint density at radius 1 is 1.25 bits per heavy atom. The molecule has 0 bridgehead atoms. The van der Waals surface area contributed by atoms with Gasteiger partial charge in [0.25, 0.3) is 0 Å². The topological polar surface area (TPSA) is 21.3 Å². The van der Waals surface area contributed by atoms with E-state index in [0.717, 1.165) is 18.8 Å². The third-order valence-electron chi connectivity index (χ3n) is 3.42. The second-order valence-corrected chi connectivity index (χ2v) is 4.93. The molecule has 1 aromatic carbocycles. The quantitative estimate of drug-likeness (QED) is 0.843. The Labute approximate surface area is 98.0 Å². The van der Waals surface area contributed by atoms with Gasteiger partial charge in [-0.25, -0.2) is 0 Å². The highest BCUT2D eigenvalue weighted by atomic mass is 16.5. The molecule has 0 aromatic heterocycles. The van der Waals surface area contributed by atoms with Crippen molar-refractivity contribution in [2.24, 2.45) is 5.92 Å². The van der Waals surface area contributed by atoms with Crippen molar-refractivity contribution in [3.05, 3.63) is 29.8 Å². The maximum Gasteiger partial charge on any atom is 0.124 e. The van der Waals surface area contributed by atoms with Crippen molar-refractivity contribution < 1.29 is 4.74 Å². The van der Waals surface area contributed by atoms with Crippen LogP contribution in [-0.4, -0.2) is 12.6 Å². The van der Waals surface area contributed by atoms with Crippen LogP contribution in [0.5, 0.6) is 5.75 Å². The van der Waals surface area contributed by atoms with E-state index in [9.17, 15) is 0 Å². The van der Waals surface area contributed by atoms with Gasteiger partial charge in [-0.05, 0) is 18.9 Å². The van der Waals surface area contributed by atoms with E-state index in [-0.39, 0.29) is 0 Å². The van der Waals surface area contributed by atoms with Gasteiger partial charge in [0.2, 0.25) is 0 Å². The Kier molecular flexibility index (Phi) is 3.49. The standard InChI is InChI=1S/C14H21NO/c1-10(2)11(3)15-13-8-9-16-14-7-5-4-6-12(13)14/h4-7,10-11,13,15H,8-9H2,1-3H3/t11-,13+/m1/s1. The Bertz CT molecular complexity index is 348. The average Bonchev–Trinajstić information content (AvgIpc) is 2.29. The highest BCUT2D eigenvalue weighted by molar-refractivity contribution is 5.37. The third kappa shape index (κ3) is 2.38. The van der Waals surface area contributed by atoms with E-state index >= 15 is 0 Å². The van der Waals surface area contributed by atoms with Crippen molar-refractivity contribution in [2.45, 2.75) is 39.3 Å². The summed E-state index contributed by atoms with van der Waals surface area (Å²) < 4.78 is 5.66. The van der Waals surface area contributed by atoms with Crippen molar-refractivity contribution >= 4 is 0 Å². The first kappa shape index (κ1) is 11.5. The summed E-state index contributed by atoms with van der Waals surface area (Å²) in [7, 11) is 0. The van der Waals surface area contributed by atoms with Gasteiger partial charge >= 0.3 is 0 Å². The van der Waals surface area contributed by atoms with Gasteiger partial charge in [0.15, 0.2) is 0 Å². The van der Waals surface area contributed by atoms with Gasteiger partial charge in [-0.15, -0.1) is 0 Å². The molecule has 1 heterocycles. The van der Waals surface area contributed by atoms with Gasteiger partial charge in [0.05, 0.1) is 6.61 Å². The summed E-state index contributed by atoms with van der Waals surface area (Å²) in [4.78, 5) is 0. The minimum atomic E-state index is 0.447. The smallest absolute Gasteiger partial charge is 0.124 e. The van der Waals surface area contributed by atoms with E-state index in [1.165, 1.54) is 5.56 Å². The van der Waals surface area contributed by atoms with E-state index in [2.05, 4.69) is 44.3 Å². The van der Waals surface area contributed by atoms with Crippen molar-refractivity contribution in [1.29, 1.82) is 0 Å². The lowest BCUT2D eigenvalue weighted by Crippen LogP contribution is -2.36.